The molecule has 0 spiro atoms. The monoisotopic (exact) mass is 288 g/mol. The normalized spacial score (nSPS) is 19.2. The molecule has 2 heterocycles. The van der Waals surface area contributed by atoms with Crippen molar-refractivity contribution in [2.24, 2.45) is 0 Å². The van der Waals surface area contributed by atoms with Crippen molar-refractivity contribution in [3.63, 3.8) is 0 Å². The predicted molar refractivity (Wildman–Crippen MR) is 69.7 cm³/mol. The Balaban J connectivity index is 1.89. The molecule has 1 saturated heterocycles. The van der Waals surface area contributed by atoms with Gasteiger partial charge in [-0.15, -0.1) is 0 Å². The van der Waals surface area contributed by atoms with Crippen LogP contribution in [0.25, 0.3) is 0 Å². The zero-order valence-electron chi connectivity index (χ0n) is 10.8. The van der Waals surface area contributed by atoms with Gasteiger partial charge in [-0.2, -0.15) is 15.0 Å². The highest BCUT2D eigenvalue weighted by molar-refractivity contribution is 6.28. The first-order chi connectivity index (χ1) is 9.28. The van der Waals surface area contributed by atoms with Crippen LogP contribution >= 0.6 is 11.6 Å². The molecule has 1 aromatic rings. The largest absolute Gasteiger partial charge is 0.463 e. The van der Waals surface area contributed by atoms with Gasteiger partial charge in [-0.1, -0.05) is 6.92 Å². The Bertz CT molecular complexity index is 402. The zero-order chi connectivity index (χ0) is 13.5. The lowest BCUT2D eigenvalue weighted by Gasteiger charge is -2.23. The van der Waals surface area contributed by atoms with E-state index in [1.54, 1.807) is 0 Å². The Labute approximate surface area is 116 Å². The van der Waals surface area contributed by atoms with E-state index in [1.165, 1.54) is 0 Å². The van der Waals surface area contributed by atoms with Crippen molar-refractivity contribution in [3.8, 4) is 6.01 Å². The quantitative estimate of drug-likeness (QED) is 0.841. The molecular formula is C11H17ClN4O3. The lowest BCUT2D eigenvalue weighted by molar-refractivity contribution is -0.0819. The van der Waals surface area contributed by atoms with Crippen LogP contribution in [0.2, 0.25) is 5.28 Å². The van der Waals surface area contributed by atoms with Gasteiger partial charge in [-0.05, 0) is 18.0 Å². The third-order valence-corrected chi connectivity index (χ3v) is 2.56. The van der Waals surface area contributed by atoms with Crippen LogP contribution in [0.5, 0.6) is 6.01 Å². The van der Waals surface area contributed by atoms with Crippen molar-refractivity contribution >= 4 is 17.5 Å². The summed E-state index contributed by atoms with van der Waals surface area (Å²) < 4.78 is 16.1. The van der Waals surface area contributed by atoms with Crippen molar-refractivity contribution in [1.82, 2.24) is 15.0 Å². The molecule has 0 amide bonds. The lowest BCUT2D eigenvalue weighted by atomic mass is 10.3. The molecule has 1 atom stereocenters. The molecule has 106 valence electrons. The molecular weight excluding hydrogens is 272 g/mol. The van der Waals surface area contributed by atoms with E-state index in [1.807, 2.05) is 6.92 Å². The molecule has 7 nitrogen and oxygen atoms in total. The Hall–Kier alpha value is -1.18. The summed E-state index contributed by atoms with van der Waals surface area (Å²) in [6.07, 6.45) is 0.864. The fourth-order valence-electron chi connectivity index (χ4n) is 1.53. The third-order valence-electron chi connectivity index (χ3n) is 2.40. The van der Waals surface area contributed by atoms with E-state index < -0.39 is 0 Å². The second kappa shape index (κ2) is 7.42. The van der Waals surface area contributed by atoms with E-state index in [4.69, 9.17) is 25.8 Å². The van der Waals surface area contributed by atoms with Crippen LogP contribution in [0, 0.1) is 0 Å². The lowest BCUT2D eigenvalue weighted by Crippen LogP contribution is -2.34. The second-order valence-corrected chi connectivity index (χ2v) is 4.35. The minimum atomic E-state index is -0.00991. The number of ether oxygens (including phenoxy) is 3. The van der Waals surface area contributed by atoms with Crippen molar-refractivity contribution in [1.29, 1.82) is 0 Å². The van der Waals surface area contributed by atoms with Crippen LogP contribution in [0.1, 0.15) is 13.3 Å². The van der Waals surface area contributed by atoms with Crippen molar-refractivity contribution in [2.45, 2.75) is 19.4 Å². The molecule has 19 heavy (non-hydrogen) atoms. The highest BCUT2D eigenvalue weighted by atomic mass is 35.5. The Morgan fingerprint density at radius 2 is 2.26 bits per heavy atom. The Morgan fingerprint density at radius 1 is 1.37 bits per heavy atom. The number of nitrogens with one attached hydrogen (secondary N) is 1. The highest BCUT2D eigenvalue weighted by Crippen LogP contribution is 2.12. The van der Waals surface area contributed by atoms with E-state index in [9.17, 15) is 0 Å². The van der Waals surface area contributed by atoms with Gasteiger partial charge in [-0.25, -0.2) is 0 Å². The summed E-state index contributed by atoms with van der Waals surface area (Å²) in [4.78, 5) is 12.0. The summed E-state index contributed by atoms with van der Waals surface area (Å²) in [6, 6.07) is 0.227. The van der Waals surface area contributed by atoms with Gasteiger partial charge in [0.1, 0.15) is 0 Å². The summed E-state index contributed by atoms with van der Waals surface area (Å²) in [7, 11) is 0. The molecule has 0 radical (unpaired) electrons. The molecule has 1 aromatic heterocycles. The number of hydrogen-bond donors (Lipinski definition) is 1. The average Bonchev–Trinajstić information content (AvgIpc) is 2.43. The predicted octanol–water partition coefficient (Wildman–Crippen LogP) is 1.14. The summed E-state index contributed by atoms with van der Waals surface area (Å²) in [5.41, 5.74) is 0. The van der Waals surface area contributed by atoms with Crippen molar-refractivity contribution < 1.29 is 14.2 Å². The minimum absolute atomic E-state index is 0.00991. The zero-order valence-corrected chi connectivity index (χ0v) is 11.5. The number of rotatable bonds is 6. The molecule has 1 N–H and O–H groups in total. The van der Waals surface area contributed by atoms with Gasteiger partial charge in [0.25, 0.3) is 0 Å². The maximum Gasteiger partial charge on any atom is 0.322 e. The van der Waals surface area contributed by atoms with Gasteiger partial charge in [0.15, 0.2) is 0 Å². The first-order valence-electron chi connectivity index (χ1n) is 6.25. The molecule has 0 aliphatic carbocycles. The molecule has 2 rings (SSSR count). The first kappa shape index (κ1) is 14.2. The number of hydrogen-bond acceptors (Lipinski definition) is 7. The Morgan fingerprint density at radius 3 is 3.00 bits per heavy atom. The average molecular weight is 289 g/mol. The van der Waals surface area contributed by atoms with Gasteiger partial charge >= 0.3 is 6.01 Å². The van der Waals surface area contributed by atoms with Crippen LogP contribution in [0.3, 0.4) is 0 Å². The number of halogens is 1. The molecule has 1 aliphatic heterocycles. The second-order valence-electron chi connectivity index (χ2n) is 4.01. The number of anilines is 1. The molecule has 0 bridgehead atoms. The van der Waals surface area contributed by atoms with Crippen LogP contribution in [0.15, 0.2) is 0 Å². The highest BCUT2D eigenvalue weighted by Gasteiger charge is 2.15. The molecule has 0 aromatic carbocycles. The van der Waals surface area contributed by atoms with Gasteiger partial charge in [0, 0.05) is 6.54 Å². The van der Waals surface area contributed by atoms with Gasteiger partial charge < -0.3 is 19.5 Å². The molecule has 1 fully saturated rings. The van der Waals surface area contributed by atoms with Crippen LogP contribution in [0.4, 0.5) is 5.95 Å². The third kappa shape index (κ3) is 4.77. The summed E-state index contributed by atoms with van der Waals surface area (Å²) >= 11 is 5.81. The van der Waals surface area contributed by atoms with E-state index >= 15 is 0 Å². The molecule has 8 heteroatoms. The van der Waals surface area contributed by atoms with E-state index in [0.29, 0.717) is 38.9 Å². The standard InChI is InChI=1S/C11H17ClN4O3/c1-2-3-19-11-15-9(12)14-10(16-11)13-6-8-7-17-4-5-18-8/h8H,2-7H2,1H3,(H,13,14,15,16). The SMILES string of the molecule is CCCOc1nc(Cl)nc(NCC2COCCO2)n1. The van der Waals surface area contributed by atoms with E-state index in [0.717, 1.165) is 6.42 Å². The Kier molecular flexibility index (Phi) is 5.56. The van der Waals surface area contributed by atoms with Gasteiger partial charge in [0.05, 0.1) is 32.5 Å². The fraction of sp³-hybridized carbons (Fsp3) is 0.727. The van der Waals surface area contributed by atoms with Crippen LogP contribution in [-0.4, -0.2) is 54.0 Å². The maximum absolute atomic E-state index is 5.81. The fourth-order valence-corrected chi connectivity index (χ4v) is 1.68. The summed E-state index contributed by atoms with van der Waals surface area (Å²) in [5.74, 6) is 0.375. The van der Waals surface area contributed by atoms with Crippen molar-refractivity contribution in [2.75, 3.05) is 38.3 Å². The van der Waals surface area contributed by atoms with E-state index in [2.05, 4.69) is 20.3 Å². The van der Waals surface area contributed by atoms with Crippen LogP contribution < -0.4 is 10.1 Å². The number of aromatic nitrogens is 3. The van der Waals surface area contributed by atoms with Gasteiger partial charge in [0.2, 0.25) is 11.2 Å². The maximum atomic E-state index is 5.81. The molecule has 0 saturated carbocycles. The topological polar surface area (TPSA) is 78.4 Å². The summed E-state index contributed by atoms with van der Waals surface area (Å²) in [5, 5.41) is 3.14. The van der Waals surface area contributed by atoms with Crippen LogP contribution in [-0.2, 0) is 9.47 Å². The van der Waals surface area contributed by atoms with E-state index in [-0.39, 0.29) is 17.4 Å². The molecule has 1 unspecified atom stereocenters. The summed E-state index contributed by atoms with van der Waals surface area (Å²) in [6.45, 7) is 4.90. The first-order valence-corrected chi connectivity index (χ1v) is 6.63. The smallest absolute Gasteiger partial charge is 0.322 e. The number of nitrogens with zero attached hydrogens (tertiary/aromatic N) is 3. The van der Waals surface area contributed by atoms with Gasteiger partial charge in [-0.3, -0.25) is 0 Å². The molecule has 1 aliphatic rings. The minimum Gasteiger partial charge on any atom is -0.463 e. The van der Waals surface area contributed by atoms with Crippen molar-refractivity contribution in [3.05, 3.63) is 5.28 Å².